The van der Waals surface area contributed by atoms with Crippen molar-refractivity contribution in [1.29, 1.82) is 0 Å². The van der Waals surface area contributed by atoms with Gasteiger partial charge < -0.3 is 10.1 Å². The molecule has 2 heteroatoms. The van der Waals surface area contributed by atoms with E-state index in [1.807, 2.05) is 0 Å². The van der Waals surface area contributed by atoms with Crippen LogP contribution >= 0.6 is 0 Å². The third-order valence-electron chi connectivity index (χ3n) is 4.04. The SMILES string of the molecule is COCC(C)NC1CCCCCCCCCCC1. The lowest BCUT2D eigenvalue weighted by Crippen LogP contribution is -2.39. The van der Waals surface area contributed by atoms with Crippen molar-refractivity contribution >= 4 is 0 Å². The molecule has 0 saturated heterocycles. The summed E-state index contributed by atoms with van der Waals surface area (Å²) in [7, 11) is 1.79. The topological polar surface area (TPSA) is 21.3 Å². The Labute approximate surface area is 114 Å². The van der Waals surface area contributed by atoms with Crippen LogP contribution in [0.2, 0.25) is 0 Å². The second kappa shape index (κ2) is 10.8. The fraction of sp³-hybridized carbons (Fsp3) is 1.00. The van der Waals surface area contributed by atoms with Gasteiger partial charge in [-0.2, -0.15) is 0 Å². The van der Waals surface area contributed by atoms with Crippen LogP contribution in [-0.2, 0) is 4.74 Å². The molecule has 0 aromatic heterocycles. The first-order valence-corrected chi connectivity index (χ1v) is 8.08. The van der Waals surface area contributed by atoms with E-state index < -0.39 is 0 Å². The second-order valence-corrected chi connectivity index (χ2v) is 5.98. The molecule has 0 radical (unpaired) electrons. The zero-order chi connectivity index (χ0) is 13.1. The lowest BCUT2D eigenvalue weighted by atomic mass is 9.97. The number of hydrogen-bond donors (Lipinski definition) is 1. The minimum absolute atomic E-state index is 0.493. The van der Waals surface area contributed by atoms with Crippen LogP contribution in [0, 0.1) is 0 Å². The van der Waals surface area contributed by atoms with Gasteiger partial charge in [0.2, 0.25) is 0 Å². The highest BCUT2D eigenvalue weighted by atomic mass is 16.5. The Morgan fingerprint density at radius 3 is 1.78 bits per heavy atom. The summed E-state index contributed by atoms with van der Waals surface area (Å²) in [5.74, 6) is 0. The number of nitrogens with one attached hydrogen (secondary N) is 1. The Balaban J connectivity index is 2.27. The molecular weight excluding hydrogens is 222 g/mol. The van der Waals surface area contributed by atoms with Crippen molar-refractivity contribution in [2.45, 2.75) is 89.6 Å². The summed E-state index contributed by atoms with van der Waals surface area (Å²) < 4.78 is 5.22. The molecule has 1 N–H and O–H groups in total. The van der Waals surface area contributed by atoms with Crippen molar-refractivity contribution in [3.8, 4) is 0 Å². The Kier molecular flexibility index (Phi) is 9.59. The smallest absolute Gasteiger partial charge is 0.0613 e. The van der Waals surface area contributed by atoms with E-state index in [-0.39, 0.29) is 0 Å². The zero-order valence-electron chi connectivity index (χ0n) is 12.5. The summed E-state index contributed by atoms with van der Waals surface area (Å²) in [6.07, 6.45) is 15.6. The lowest BCUT2D eigenvalue weighted by molar-refractivity contribution is 0.164. The van der Waals surface area contributed by atoms with Gasteiger partial charge in [-0.3, -0.25) is 0 Å². The van der Waals surface area contributed by atoms with E-state index in [9.17, 15) is 0 Å². The van der Waals surface area contributed by atoms with Crippen molar-refractivity contribution in [3.05, 3.63) is 0 Å². The first-order valence-electron chi connectivity index (χ1n) is 8.08. The van der Waals surface area contributed by atoms with E-state index in [2.05, 4.69) is 12.2 Å². The molecule has 1 aliphatic rings. The highest BCUT2D eigenvalue weighted by Gasteiger charge is 2.12. The van der Waals surface area contributed by atoms with E-state index in [0.717, 1.165) is 12.6 Å². The lowest BCUT2D eigenvalue weighted by Gasteiger charge is -2.23. The maximum Gasteiger partial charge on any atom is 0.0613 e. The molecule has 1 atom stereocenters. The molecule has 1 fully saturated rings. The molecule has 18 heavy (non-hydrogen) atoms. The molecule has 0 aromatic rings. The first-order chi connectivity index (χ1) is 8.83. The summed E-state index contributed by atoms with van der Waals surface area (Å²) in [6, 6.07) is 1.21. The van der Waals surface area contributed by atoms with Crippen LogP contribution in [0.4, 0.5) is 0 Å². The normalized spacial score (nSPS) is 23.0. The molecule has 0 aromatic carbocycles. The summed E-state index contributed by atoms with van der Waals surface area (Å²) in [6.45, 7) is 3.07. The minimum atomic E-state index is 0.493. The van der Waals surface area contributed by atoms with Crippen LogP contribution in [0.15, 0.2) is 0 Å². The number of ether oxygens (including phenoxy) is 1. The molecule has 0 spiro atoms. The van der Waals surface area contributed by atoms with Crippen LogP contribution in [0.25, 0.3) is 0 Å². The number of hydrogen-bond acceptors (Lipinski definition) is 2. The predicted octanol–water partition coefficient (Wildman–Crippen LogP) is 4.28. The molecule has 0 heterocycles. The van der Waals surface area contributed by atoms with Crippen LogP contribution in [0.3, 0.4) is 0 Å². The summed E-state index contributed by atoms with van der Waals surface area (Å²) in [5, 5.41) is 3.75. The third-order valence-corrected chi connectivity index (χ3v) is 4.04. The largest absolute Gasteiger partial charge is 0.383 e. The molecule has 1 aliphatic carbocycles. The van der Waals surface area contributed by atoms with Crippen molar-refractivity contribution in [2.75, 3.05) is 13.7 Å². The van der Waals surface area contributed by atoms with Crippen LogP contribution in [-0.4, -0.2) is 25.8 Å². The van der Waals surface area contributed by atoms with Gasteiger partial charge >= 0.3 is 0 Å². The van der Waals surface area contributed by atoms with Crippen molar-refractivity contribution in [2.24, 2.45) is 0 Å². The maximum absolute atomic E-state index is 5.22. The zero-order valence-corrected chi connectivity index (χ0v) is 12.5. The molecule has 0 aliphatic heterocycles. The Morgan fingerprint density at radius 1 is 0.889 bits per heavy atom. The van der Waals surface area contributed by atoms with Crippen molar-refractivity contribution in [3.63, 3.8) is 0 Å². The quantitative estimate of drug-likeness (QED) is 0.809. The third kappa shape index (κ3) is 8.10. The molecule has 0 bridgehead atoms. The van der Waals surface area contributed by atoms with E-state index in [4.69, 9.17) is 4.74 Å². The van der Waals surface area contributed by atoms with Gasteiger partial charge in [0.05, 0.1) is 6.61 Å². The van der Waals surface area contributed by atoms with Crippen molar-refractivity contribution < 1.29 is 4.74 Å². The van der Waals surface area contributed by atoms with Gasteiger partial charge in [0.15, 0.2) is 0 Å². The fourth-order valence-corrected chi connectivity index (χ4v) is 3.03. The molecule has 2 nitrogen and oxygen atoms in total. The second-order valence-electron chi connectivity index (χ2n) is 5.98. The highest BCUT2D eigenvalue weighted by Crippen LogP contribution is 2.17. The average Bonchev–Trinajstić information content (AvgIpc) is 2.33. The van der Waals surface area contributed by atoms with Gasteiger partial charge in [-0.25, -0.2) is 0 Å². The first kappa shape index (κ1) is 16.0. The summed E-state index contributed by atoms with van der Waals surface area (Å²) >= 11 is 0. The predicted molar refractivity (Wildman–Crippen MR) is 79.0 cm³/mol. The van der Waals surface area contributed by atoms with E-state index in [0.29, 0.717) is 6.04 Å². The van der Waals surface area contributed by atoms with E-state index in [1.165, 1.54) is 70.6 Å². The monoisotopic (exact) mass is 255 g/mol. The summed E-state index contributed by atoms with van der Waals surface area (Å²) in [4.78, 5) is 0. The van der Waals surface area contributed by atoms with Crippen LogP contribution < -0.4 is 5.32 Å². The average molecular weight is 255 g/mol. The Morgan fingerprint density at radius 2 is 1.33 bits per heavy atom. The minimum Gasteiger partial charge on any atom is -0.383 e. The highest BCUT2D eigenvalue weighted by molar-refractivity contribution is 4.72. The van der Waals surface area contributed by atoms with Gasteiger partial charge in [-0.1, -0.05) is 57.8 Å². The Bertz CT molecular complexity index is 172. The number of methoxy groups -OCH3 is 1. The molecule has 108 valence electrons. The van der Waals surface area contributed by atoms with E-state index >= 15 is 0 Å². The molecule has 0 amide bonds. The van der Waals surface area contributed by atoms with Gasteiger partial charge in [-0.05, 0) is 19.8 Å². The number of rotatable bonds is 4. The maximum atomic E-state index is 5.22. The molecule has 1 unspecified atom stereocenters. The molecule has 1 rings (SSSR count). The Hall–Kier alpha value is -0.0800. The van der Waals surface area contributed by atoms with Crippen LogP contribution in [0.5, 0.6) is 0 Å². The van der Waals surface area contributed by atoms with Gasteiger partial charge in [0.25, 0.3) is 0 Å². The van der Waals surface area contributed by atoms with Crippen molar-refractivity contribution in [1.82, 2.24) is 5.32 Å². The molecule has 1 saturated carbocycles. The van der Waals surface area contributed by atoms with Gasteiger partial charge in [-0.15, -0.1) is 0 Å². The summed E-state index contributed by atoms with van der Waals surface area (Å²) in [5.41, 5.74) is 0. The standard InChI is InChI=1S/C16H33NO/c1-15(14-18-2)17-16-12-10-8-6-4-3-5-7-9-11-13-16/h15-17H,3-14H2,1-2H3. The fourth-order valence-electron chi connectivity index (χ4n) is 3.03. The van der Waals surface area contributed by atoms with Crippen LogP contribution in [0.1, 0.15) is 77.6 Å². The van der Waals surface area contributed by atoms with Gasteiger partial charge in [0.1, 0.15) is 0 Å². The van der Waals surface area contributed by atoms with Gasteiger partial charge in [0, 0.05) is 19.2 Å². The van der Waals surface area contributed by atoms with E-state index in [1.54, 1.807) is 7.11 Å². The molecular formula is C16H33NO.